The van der Waals surface area contributed by atoms with Gasteiger partial charge in [0.1, 0.15) is 0 Å². The zero-order chi connectivity index (χ0) is 8.97. The van der Waals surface area contributed by atoms with Gasteiger partial charge >= 0.3 is 0 Å². The highest BCUT2D eigenvalue weighted by Crippen LogP contribution is 2.13. The average molecular weight is 168 g/mol. The van der Waals surface area contributed by atoms with Gasteiger partial charge in [0.25, 0.3) is 0 Å². The first-order valence-electron chi connectivity index (χ1n) is 4.73. The van der Waals surface area contributed by atoms with E-state index in [1.165, 1.54) is 25.9 Å². The van der Waals surface area contributed by atoms with Gasteiger partial charge in [0, 0.05) is 12.6 Å². The van der Waals surface area contributed by atoms with Crippen LogP contribution >= 0.6 is 0 Å². The second-order valence-electron chi connectivity index (χ2n) is 3.78. The molecule has 0 aliphatic carbocycles. The molecule has 0 atom stereocenters. The van der Waals surface area contributed by atoms with Crippen molar-refractivity contribution in [2.75, 3.05) is 33.7 Å². The van der Waals surface area contributed by atoms with Gasteiger partial charge < -0.3 is 4.90 Å². The number of hydrogen-bond donors (Lipinski definition) is 0. The highest BCUT2D eigenvalue weighted by Gasteiger charge is 2.18. The van der Waals surface area contributed by atoms with Crippen molar-refractivity contribution in [2.45, 2.75) is 18.9 Å². The summed E-state index contributed by atoms with van der Waals surface area (Å²) in [6, 6.07) is 0.797. The molecule has 1 saturated heterocycles. The number of hydrogen-bond acceptors (Lipinski definition) is 2. The fraction of sp³-hybridized carbons (Fsp3) is 0.800. The van der Waals surface area contributed by atoms with Crippen LogP contribution < -0.4 is 0 Å². The van der Waals surface area contributed by atoms with Crippen LogP contribution in [0.5, 0.6) is 0 Å². The number of rotatable bonds is 3. The number of likely N-dealkylation sites (tertiary alicyclic amines) is 1. The summed E-state index contributed by atoms with van der Waals surface area (Å²) < 4.78 is 0. The molecule has 0 bridgehead atoms. The van der Waals surface area contributed by atoms with Crippen LogP contribution in [0.3, 0.4) is 0 Å². The Morgan fingerprint density at radius 3 is 2.42 bits per heavy atom. The Morgan fingerprint density at radius 2 is 2.00 bits per heavy atom. The van der Waals surface area contributed by atoms with Crippen molar-refractivity contribution in [3.05, 3.63) is 12.7 Å². The zero-order valence-corrected chi connectivity index (χ0v) is 8.29. The molecule has 0 aromatic carbocycles. The summed E-state index contributed by atoms with van der Waals surface area (Å²) in [6.45, 7) is 7.27. The minimum atomic E-state index is 0.797. The van der Waals surface area contributed by atoms with Crippen molar-refractivity contribution in [3.63, 3.8) is 0 Å². The van der Waals surface area contributed by atoms with E-state index in [9.17, 15) is 0 Å². The van der Waals surface area contributed by atoms with Crippen molar-refractivity contribution in [1.29, 1.82) is 0 Å². The van der Waals surface area contributed by atoms with Crippen molar-refractivity contribution >= 4 is 0 Å². The molecule has 2 heteroatoms. The molecule has 1 heterocycles. The van der Waals surface area contributed by atoms with Crippen molar-refractivity contribution in [1.82, 2.24) is 9.80 Å². The molecule has 0 radical (unpaired) electrons. The normalized spacial score (nSPS) is 21.6. The SMILES string of the molecule is C=CCN1CCC(N(C)C)CC1. The molecule has 70 valence electrons. The number of nitrogens with zero attached hydrogens (tertiary/aromatic N) is 2. The lowest BCUT2D eigenvalue weighted by Gasteiger charge is -2.34. The van der Waals surface area contributed by atoms with Crippen molar-refractivity contribution < 1.29 is 0 Å². The van der Waals surface area contributed by atoms with Crippen LogP contribution in [0.2, 0.25) is 0 Å². The van der Waals surface area contributed by atoms with Crippen LogP contribution in [0.15, 0.2) is 12.7 Å². The molecule has 2 nitrogen and oxygen atoms in total. The van der Waals surface area contributed by atoms with E-state index in [-0.39, 0.29) is 0 Å². The summed E-state index contributed by atoms with van der Waals surface area (Å²) >= 11 is 0. The first-order valence-corrected chi connectivity index (χ1v) is 4.73. The van der Waals surface area contributed by atoms with E-state index in [2.05, 4.69) is 30.5 Å². The van der Waals surface area contributed by atoms with Crippen LogP contribution in [0.25, 0.3) is 0 Å². The van der Waals surface area contributed by atoms with Gasteiger partial charge in [0.15, 0.2) is 0 Å². The average Bonchev–Trinajstić information content (AvgIpc) is 2.06. The minimum Gasteiger partial charge on any atom is -0.306 e. The summed E-state index contributed by atoms with van der Waals surface area (Å²) in [7, 11) is 4.35. The van der Waals surface area contributed by atoms with Gasteiger partial charge in [0.2, 0.25) is 0 Å². The second-order valence-corrected chi connectivity index (χ2v) is 3.78. The summed E-state index contributed by atoms with van der Waals surface area (Å²) in [6.07, 6.45) is 4.61. The lowest BCUT2D eigenvalue weighted by atomic mass is 10.0. The van der Waals surface area contributed by atoms with Gasteiger partial charge in [-0.2, -0.15) is 0 Å². The van der Waals surface area contributed by atoms with Gasteiger partial charge in [0.05, 0.1) is 0 Å². The Balaban J connectivity index is 2.24. The molecule has 0 saturated carbocycles. The predicted octanol–water partition coefficient (Wildman–Crippen LogP) is 1.20. The molecule has 1 aliphatic heterocycles. The molecule has 1 aliphatic rings. The molecule has 0 aromatic rings. The summed E-state index contributed by atoms with van der Waals surface area (Å²) in [4.78, 5) is 4.80. The van der Waals surface area contributed by atoms with Gasteiger partial charge in [-0.1, -0.05) is 6.08 Å². The van der Waals surface area contributed by atoms with Crippen LogP contribution in [-0.4, -0.2) is 49.6 Å². The maximum atomic E-state index is 3.76. The molecule has 1 fully saturated rings. The van der Waals surface area contributed by atoms with E-state index in [1.807, 2.05) is 6.08 Å². The van der Waals surface area contributed by atoms with E-state index in [1.54, 1.807) is 0 Å². The summed E-state index contributed by atoms with van der Waals surface area (Å²) in [5.74, 6) is 0. The highest BCUT2D eigenvalue weighted by molar-refractivity contribution is 4.81. The molecular formula is C10H20N2. The van der Waals surface area contributed by atoms with E-state index in [0.717, 1.165) is 12.6 Å². The number of piperidine rings is 1. The Labute approximate surface area is 75.8 Å². The molecule has 12 heavy (non-hydrogen) atoms. The Bertz CT molecular complexity index is 135. The third kappa shape index (κ3) is 2.61. The highest BCUT2D eigenvalue weighted by atomic mass is 15.2. The van der Waals surface area contributed by atoms with E-state index >= 15 is 0 Å². The van der Waals surface area contributed by atoms with Crippen molar-refractivity contribution in [3.8, 4) is 0 Å². The zero-order valence-electron chi connectivity index (χ0n) is 8.29. The Kier molecular flexibility index (Phi) is 3.76. The molecule has 0 aromatic heterocycles. The van der Waals surface area contributed by atoms with E-state index in [0.29, 0.717) is 0 Å². The van der Waals surface area contributed by atoms with Crippen molar-refractivity contribution in [2.24, 2.45) is 0 Å². The van der Waals surface area contributed by atoms with E-state index < -0.39 is 0 Å². The molecule has 0 spiro atoms. The fourth-order valence-corrected chi connectivity index (χ4v) is 1.80. The standard InChI is InChI=1S/C10H20N2/c1-4-7-12-8-5-10(6-9-12)11(2)3/h4,10H,1,5-9H2,2-3H3. The van der Waals surface area contributed by atoms with Crippen LogP contribution in [-0.2, 0) is 0 Å². The third-order valence-corrected chi connectivity index (χ3v) is 2.67. The maximum absolute atomic E-state index is 3.76. The fourth-order valence-electron chi connectivity index (χ4n) is 1.80. The Hall–Kier alpha value is -0.340. The van der Waals surface area contributed by atoms with Gasteiger partial charge in [-0.15, -0.1) is 6.58 Å². The molecular weight excluding hydrogens is 148 g/mol. The first-order chi connectivity index (χ1) is 5.74. The molecule has 0 N–H and O–H groups in total. The van der Waals surface area contributed by atoms with Crippen LogP contribution in [0.1, 0.15) is 12.8 Å². The smallest absolute Gasteiger partial charge is 0.0160 e. The summed E-state index contributed by atoms with van der Waals surface area (Å²) in [5, 5.41) is 0. The monoisotopic (exact) mass is 168 g/mol. The Morgan fingerprint density at radius 1 is 1.42 bits per heavy atom. The summed E-state index contributed by atoms with van der Waals surface area (Å²) in [5.41, 5.74) is 0. The van der Waals surface area contributed by atoms with Gasteiger partial charge in [-0.05, 0) is 40.0 Å². The van der Waals surface area contributed by atoms with E-state index in [4.69, 9.17) is 0 Å². The maximum Gasteiger partial charge on any atom is 0.0160 e. The minimum absolute atomic E-state index is 0.797. The third-order valence-electron chi connectivity index (χ3n) is 2.67. The molecule has 1 rings (SSSR count). The van der Waals surface area contributed by atoms with Gasteiger partial charge in [-0.3, -0.25) is 4.90 Å². The van der Waals surface area contributed by atoms with Gasteiger partial charge in [-0.25, -0.2) is 0 Å². The van der Waals surface area contributed by atoms with Crippen LogP contribution in [0.4, 0.5) is 0 Å². The first kappa shape index (κ1) is 9.75. The lowest BCUT2D eigenvalue weighted by molar-refractivity contribution is 0.155. The topological polar surface area (TPSA) is 6.48 Å². The molecule has 0 amide bonds. The van der Waals surface area contributed by atoms with Crippen LogP contribution in [0, 0.1) is 0 Å². The largest absolute Gasteiger partial charge is 0.306 e. The second kappa shape index (κ2) is 4.63. The quantitative estimate of drug-likeness (QED) is 0.584. The lowest BCUT2D eigenvalue weighted by Crippen LogP contribution is -2.41. The predicted molar refractivity (Wildman–Crippen MR) is 53.3 cm³/mol. The molecule has 0 unspecified atom stereocenters.